The summed E-state index contributed by atoms with van der Waals surface area (Å²) >= 11 is 4.01. The van der Waals surface area contributed by atoms with Gasteiger partial charge in [-0.3, -0.25) is 4.79 Å². The first-order valence-electron chi connectivity index (χ1n) is 5.91. The van der Waals surface area contributed by atoms with E-state index in [4.69, 9.17) is 24.1 Å². The molecule has 0 unspecified atom stereocenters. The molecule has 0 aliphatic heterocycles. The molecule has 0 aliphatic carbocycles. The van der Waals surface area contributed by atoms with Gasteiger partial charge in [0.15, 0.2) is 0 Å². The van der Waals surface area contributed by atoms with Gasteiger partial charge in [0.1, 0.15) is 0 Å². The minimum absolute atomic E-state index is 0.0232. The van der Waals surface area contributed by atoms with Crippen LogP contribution in [0.5, 0.6) is 0 Å². The van der Waals surface area contributed by atoms with Crippen LogP contribution in [0.4, 0.5) is 0 Å². The third kappa shape index (κ3) is 15.7. The third-order valence-electron chi connectivity index (χ3n) is 1.81. The van der Waals surface area contributed by atoms with E-state index in [9.17, 15) is 4.79 Å². The first-order chi connectivity index (χ1) is 8.77. The topological polar surface area (TPSA) is 74.2 Å². The summed E-state index contributed by atoms with van der Waals surface area (Å²) in [6.07, 6.45) is 0.0232. The second kappa shape index (κ2) is 14.7. The Bertz CT molecular complexity index is 190. The van der Waals surface area contributed by atoms with Crippen molar-refractivity contribution in [2.75, 3.05) is 58.6 Å². The Balaban J connectivity index is 2.92. The van der Waals surface area contributed by atoms with Gasteiger partial charge >= 0.3 is 5.97 Å². The molecule has 0 aromatic rings. The maximum atomic E-state index is 10.2. The van der Waals surface area contributed by atoms with Crippen LogP contribution >= 0.6 is 12.6 Å². The van der Waals surface area contributed by atoms with E-state index in [1.807, 2.05) is 0 Å². The zero-order valence-electron chi connectivity index (χ0n) is 10.5. The first kappa shape index (κ1) is 17.7. The van der Waals surface area contributed by atoms with Gasteiger partial charge in [-0.25, -0.2) is 0 Å². The molecule has 7 heteroatoms. The van der Waals surface area contributed by atoms with E-state index in [0.29, 0.717) is 52.0 Å². The Hall–Kier alpha value is -0.340. The lowest BCUT2D eigenvalue weighted by Crippen LogP contribution is -2.13. The molecule has 6 nitrogen and oxygen atoms in total. The quantitative estimate of drug-likeness (QED) is 0.356. The van der Waals surface area contributed by atoms with Crippen molar-refractivity contribution in [3.8, 4) is 0 Å². The molecule has 0 radical (unpaired) electrons. The highest BCUT2D eigenvalue weighted by molar-refractivity contribution is 7.80. The predicted molar refractivity (Wildman–Crippen MR) is 69.4 cm³/mol. The van der Waals surface area contributed by atoms with Gasteiger partial charge in [-0.2, -0.15) is 12.6 Å². The Morgan fingerprint density at radius 3 is 1.56 bits per heavy atom. The second-order valence-electron chi connectivity index (χ2n) is 3.32. The second-order valence-corrected chi connectivity index (χ2v) is 3.76. The van der Waals surface area contributed by atoms with Crippen LogP contribution in [0, 0.1) is 0 Å². The maximum absolute atomic E-state index is 10.2. The van der Waals surface area contributed by atoms with Gasteiger partial charge in [0.25, 0.3) is 0 Å². The molecule has 0 aromatic heterocycles. The lowest BCUT2D eigenvalue weighted by molar-refractivity contribution is -0.138. The zero-order chi connectivity index (χ0) is 13.5. The van der Waals surface area contributed by atoms with Crippen LogP contribution in [0.25, 0.3) is 0 Å². The molecular weight excluding hydrogens is 260 g/mol. The molecule has 1 N–H and O–H groups in total. The molecule has 0 saturated carbocycles. The molecule has 0 aliphatic rings. The van der Waals surface area contributed by atoms with Crippen LogP contribution in [0.1, 0.15) is 6.42 Å². The molecule has 0 rings (SSSR count). The molecule has 0 fully saturated rings. The highest BCUT2D eigenvalue weighted by Crippen LogP contribution is 1.85. The van der Waals surface area contributed by atoms with Crippen molar-refractivity contribution in [3.05, 3.63) is 0 Å². The predicted octanol–water partition coefficient (Wildman–Crippen LogP) is 0.457. The number of carboxylic acids is 1. The minimum Gasteiger partial charge on any atom is -0.481 e. The van der Waals surface area contributed by atoms with Crippen LogP contribution in [-0.4, -0.2) is 69.7 Å². The molecule has 0 aromatic carbocycles. The first-order valence-corrected chi connectivity index (χ1v) is 6.54. The van der Waals surface area contributed by atoms with Crippen LogP contribution < -0.4 is 0 Å². The summed E-state index contributed by atoms with van der Waals surface area (Å²) in [7, 11) is 0. The molecule has 0 bridgehead atoms. The average molecular weight is 282 g/mol. The van der Waals surface area contributed by atoms with E-state index in [2.05, 4.69) is 12.6 Å². The van der Waals surface area contributed by atoms with E-state index in [1.165, 1.54) is 0 Å². The largest absolute Gasteiger partial charge is 0.481 e. The summed E-state index contributed by atoms with van der Waals surface area (Å²) in [6.45, 7) is 3.82. The van der Waals surface area contributed by atoms with Crippen molar-refractivity contribution in [2.24, 2.45) is 0 Å². The van der Waals surface area contributed by atoms with Crippen LogP contribution in [-0.2, 0) is 23.7 Å². The number of thiol groups is 1. The Kier molecular flexibility index (Phi) is 14.4. The number of aliphatic carboxylic acids is 1. The number of carboxylic acid groups (broad SMARTS) is 1. The van der Waals surface area contributed by atoms with Crippen molar-refractivity contribution in [2.45, 2.75) is 6.42 Å². The van der Waals surface area contributed by atoms with Gasteiger partial charge in [-0.05, 0) is 0 Å². The zero-order valence-corrected chi connectivity index (χ0v) is 11.4. The monoisotopic (exact) mass is 282 g/mol. The van der Waals surface area contributed by atoms with Crippen LogP contribution in [0.15, 0.2) is 0 Å². The standard InChI is InChI=1S/C11H22O6S/c12-11(13)1-2-14-3-4-15-5-6-16-7-8-17-9-10-18/h18H,1-10H2,(H,12,13). The summed E-state index contributed by atoms with van der Waals surface area (Å²) in [5.41, 5.74) is 0. The van der Waals surface area contributed by atoms with Crippen LogP contribution in [0.2, 0.25) is 0 Å². The fraction of sp³-hybridized carbons (Fsp3) is 0.909. The van der Waals surface area contributed by atoms with Crippen molar-refractivity contribution < 1.29 is 28.8 Å². The Morgan fingerprint density at radius 1 is 0.778 bits per heavy atom. The summed E-state index contributed by atoms with van der Waals surface area (Å²) in [5, 5.41) is 8.35. The lowest BCUT2D eigenvalue weighted by Gasteiger charge is -2.06. The van der Waals surface area contributed by atoms with Crippen molar-refractivity contribution in [3.63, 3.8) is 0 Å². The van der Waals surface area contributed by atoms with Gasteiger partial charge in [0.2, 0.25) is 0 Å². The summed E-state index contributed by atoms with van der Waals surface area (Å²) < 4.78 is 20.7. The van der Waals surface area contributed by atoms with Crippen molar-refractivity contribution >= 4 is 18.6 Å². The fourth-order valence-corrected chi connectivity index (χ4v) is 1.11. The molecule has 0 atom stereocenters. The van der Waals surface area contributed by atoms with E-state index in [1.54, 1.807) is 0 Å². The van der Waals surface area contributed by atoms with Crippen molar-refractivity contribution in [1.29, 1.82) is 0 Å². The van der Waals surface area contributed by atoms with Crippen LogP contribution in [0.3, 0.4) is 0 Å². The minimum atomic E-state index is -0.857. The number of hydrogen-bond acceptors (Lipinski definition) is 6. The van der Waals surface area contributed by atoms with E-state index in [-0.39, 0.29) is 13.0 Å². The molecule has 0 heterocycles. The van der Waals surface area contributed by atoms with Gasteiger partial charge < -0.3 is 24.1 Å². The summed E-state index contributed by atoms with van der Waals surface area (Å²) in [6, 6.07) is 0. The van der Waals surface area contributed by atoms with E-state index < -0.39 is 5.97 Å². The van der Waals surface area contributed by atoms with E-state index >= 15 is 0 Å². The van der Waals surface area contributed by atoms with E-state index in [0.717, 1.165) is 0 Å². The van der Waals surface area contributed by atoms with Crippen molar-refractivity contribution in [1.82, 2.24) is 0 Å². The van der Waals surface area contributed by atoms with Gasteiger partial charge in [-0.1, -0.05) is 0 Å². The fourth-order valence-electron chi connectivity index (χ4n) is 0.986. The van der Waals surface area contributed by atoms with Gasteiger partial charge in [0.05, 0.1) is 59.3 Å². The normalized spacial score (nSPS) is 10.7. The molecule has 0 saturated heterocycles. The Morgan fingerprint density at radius 2 is 1.17 bits per heavy atom. The number of ether oxygens (including phenoxy) is 4. The molecule has 0 amide bonds. The molecule has 108 valence electrons. The Labute approximate surface area is 113 Å². The molecular formula is C11H22O6S. The summed E-state index contributed by atoms with van der Waals surface area (Å²) in [5.74, 6) is -0.144. The number of rotatable bonds is 14. The average Bonchev–Trinajstić information content (AvgIpc) is 2.34. The SMILES string of the molecule is O=C(O)CCOCCOCCOCCOCCS. The molecule has 18 heavy (non-hydrogen) atoms. The smallest absolute Gasteiger partial charge is 0.305 e. The highest BCUT2D eigenvalue weighted by Gasteiger charge is 1.96. The van der Waals surface area contributed by atoms with Gasteiger partial charge in [-0.15, -0.1) is 0 Å². The highest BCUT2D eigenvalue weighted by atomic mass is 32.1. The molecule has 0 spiro atoms. The van der Waals surface area contributed by atoms with Gasteiger partial charge in [0, 0.05) is 5.75 Å². The maximum Gasteiger partial charge on any atom is 0.305 e. The third-order valence-corrected chi connectivity index (χ3v) is 1.99. The number of hydrogen-bond donors (Lipinski definition) is 2. The lowest BCUT2D eigenvalue weighted by atomic mass is 10.5. The summed E-state index contributed by atoms with van der Waals surface area (Å²) in [4.78, 5) is 10.2. The number of carbonyl (C=O) groups is 1.